The van der Waals surface area contributed by atoms with Gasteiger partial charge >= 0.3 is 0 Å². The highest BCUT2D eigenvalue weighted by atomic mass is 32.2. The van der Waals surface area contributed by atoms with Crippen LogP contribution in [-0.4, -0.2) is 39.8 Å². The molecule has 4 rings (SSSR count). The molecule has 0 spiro atoms. The molecular formula is C23H23N3O5S2. The zero-order chi connectivity index (χ0) is 23.6. The van der Waals surface area contributed by atoms with Crippen molar-refractivity contribution < 1.29 is 22.4 Å². The number of sulfonamides is 1. The predicted octanol–water partition coefficient (Wildman–Crippen LogP) is 4.87. The standard InChI is InChI=1S/C23H23N3O5S2/c1-5-15-6-8-16(9-7-15)26(2)33(27,28)20-12-13-32-21(20)23-24-22(25-31-23)18-11-10-17(29-3)14-19(18)30-4/h6-14H,5H2,1-4H3. The number of anilines is 1. The van der Waals surface area contributed by atoms with Crippen LogP contribution in [0.4, 0.5) is 5.69 Å². The summed E-state index contributed by atoms with van der Waals surface area (Å²) < 4.78 is 44.1. The molecule has 0 unspecified atom stereocenters. The molecule has 0 bridgehead atoms. The van der Waals surface area contributed by atoms with Gasteiger partial charge < -0.3 is 14.0 Å². The van der Waals surface area contributed by atoms with Crippen LogP contribution in [0.1, 0.15) is 12.5 Å². The number of rotatable bonds is 8. The largest absolute Gasteiger partial charge is 0.497 e. The maximum atomic E-state index is 13.4. The van der Waals surface area contributed by atoms with Crippen molar-refractivity contribution in [1.29, 1.82) is 0 Å². The lowest BCUT2D eigenvalue weighted by Gasteiger charge is -2.19. The van der Waals surface area contributed by atoms with Crippen molar-refractivity contribution in [2.24, 2.45) is 0 Å². The molecule has 0 fully saturated rings. The van der Waals surface area contributed by atoms with Crippen LogP contribution in [-0.2, 0) is 16.4 Å². The average molecular weight is 486 g/mol. The Balaban J connectivity index is 1.69. The van der Waals surface area contributed by atoms with Gasteiger partial charge in [0.25, 0.3) is 15.9 Å². The van der Waals surface area contributed by atoms with Crippen LogP contribution >= 0.6 is 11.3 Å². The molecular weight excluding hydrogens is 462 g/mol. The predicted molar refractivity (Wildman–Crippen MR) is 128 cm³/mol. The number of benzene rings is 2. The molecule has 2 aromatic carbocycles. The Morgan fingerprint density at radius 1 is 1.06 bits per heavy atom. The second kappa shape index (κ2) is 9.24. The van der Waals surface area contributed by atoms with Crippen molar-refractivity contribution in [3.63, 3.8) is 0 Å². The highest BCUT2D eigenvalue weighted by Gasteiger charge is 2.29. The quantitative estimate of drug-likeness (QED) is 0.351. The molecule has 0 atom stereocenters. The molecule has 2 heterocycles. The smallest absolute Gasteiger partial charge is 0.269 e. The molecule has 0 saturated carbocycles. The zero-order valence-electron chi connectivity index (χ0n) is 18.6. The van der Waals surface area contributed by atoms with Crippen LogP contribution in [0, 0.1) is 0 Å². The second-order valence-electron chi connectivity index (χ2n) is 7.10. The van der Waals surface area contributed by atoms with E-state index in [2.05, 4.69) is 10.1 Å². The summed E-state index contributed by atoms with van der Waals surface area (Å²) in [5.41, 5.74) is 2.30. The molecule has 0 radical (unpaired) electrons. The van der Waals surface area contributed by atoms with E-state index in [-0.39, 0.29) is 16.6 Å². The van der Waals surface area contributed by atoms with Gasteiger partial charge in [-0.15, -0.1) is 11.3 Å². The summed E-state index contributed by atoms with van der Waals surface area (Å²) in [5, 5.41) is 5.73. The van der Waals surface area contributed by atoms with E-state index in [0.29, 0.717) is 27.6 Å². The molecule has 0 aliphatic carbocycles. The van der Waals surface area contributed by atoms with E-state index in [1.54, 1.807) is 48.9 Å². The van der Waals surface area contributed by atoms with Gasteiger partial charge in [0.15, 0.2) is 0 Å². The monoisotopic (exact) mass is 485 g/mol. The van der Waals surface area contributed by atoms with Crippen LogP contribution < -0.4 is 13.8 Å². The molecule has 8 nitrogen and oxygen atoms in total. The second-order valence-corrected chi connectivity index (χ2v) is 9.95. The third-order valence-electron chi connectivity index (χ3n) is 5.25. The van der Waals surface area contributed by atoms with E-state index in [0.717, 1.165) is 12.0 Å². The fourth-order valence-corrected chi connectivity index (χ4v) is 5.80. The lowest BCUT2D eigenvalue weighted by Crippen LogP contribution is -2.26. The van der Waals surface area contributed by atoms with Crippen molar-refractivity contribution >= 4 is 27.0 Å². The summed E-state index contributed by atoms with van der Waals surface area (Å²) >= 11 is 1.22. The number of ether oxygens (including phenoxy) is 2. The first kappa shape index (κ1) is 22.8. The topological polar surface area (TPSA) is 94.8 Å². The minimum absolute atomic E-state index is 0.103. The minimum atomic E-state index is -3.85. The van der Waals surface area contributed by atoms with Crippen molar-refractivity contribution in [1.82, 2.24) is 10.1 Å². The number of aromatic nitrogens is 2. The first-order valence-electron chi connectivity index (χ1n) is 10.1. The number of hydrogen-bond acceptors (Lipinski definition) is 8. The molecule has 0 N–H and O–H groups in total. The molecule has 2 aromatic heterocycles. The van der Waals surface area contributed by atoms with Crippen molar-refractivity contribution in [2.75, 3.05) is 25.6 Å². The molecule has 10 heteroatoms. The number of thiophene rings is 1. The molecule has 0 aliphatic heterocycles. The Labute approximate surface area is 196 Å². The average Bonchev–Trinajstić information content (AvgIpc) is 3.53. The SMILES string of the molecule is CCc1ccc(N(C)S(=O)(=O)c2ccsc2-c2nc(-c3ccc(OC)cc3OC)no2)cc1. The molecule has 172 valence electrons. The molecule has 0 aliphatic rings. The van der Waals surface area contributed by atoms with E-state index >= 15 is 0 Å². The van der Waals surface area contributed by atoms with Crippen LogP contribution in [0.15, 0.2) is 63.3 Å². The number of nitrogens with zero attached hydrogens (tertiary/aromatic N) is 3. The summed E-state index contributed by atoms with van der Waals surface area (Å²) in [6.07, 6.45) is 0.879. The van der Waals surface area contributed by atoms with Crippen LogP contribution in [0.2, 0.25) is 0 Å². The fourth-order valence-electron chi connectivity index (χ4n) is 3.29. The third-order valence-corrected chi connectivity index (χ3v) is 8.11. The van der Waals surface area contributed by atoms with Gasteiger partial charge in [0.05, 0.1) is 25.5 Å². The maximum absolute atomic E-state index is 13.4. The lowest BCUT2D eigenvalue weighted by molar-refractivity contribution is 0.394. The summed E-state index contributed by atoms with van der Waals surface area (Å²) in [6, 6.07) is 14.2. The fraction of sp³-hybridized carbons (Fsp3) is 0.217. The minimum Gasteiger partial charge on any atom is -0.497 e. The number of methoxy groups -OCH3 is 2. The van der Waals surface area contributed by atoms with Gasteiger partial charge in [0, 0.05) is 13.1 Å². The normalized spacial score (nSPS) is 11.4. The molecule has 4 aromatic rings. The van der Waals surface area contributed by atoms with E-state index < -0.39 is 10.0 Å². The number of aryl methyl sites for hydroxylation is 1. The summed E-state index contributed by atoms with van der Waals surface area (Å²) in [7, 11) is 0.776. The molecule has 0 amide bonds. The third kappa shape index (κ3) is 4.31. The Morgan fingerprint density at radius 2 is 1.82 bits per heavy atom. The number of hydrogen-bond donors (Lipinski definition) is 0. The Morgan fingerprint density at radius 3 is 2.48 bits per heavy atom. The molecule has 33 heavy (non-hydrogen) atoms. The van der Waals surface area contributed by atoms with Crippen LogP contribution in [0.25, 0.3) is 22.2 Å². The van der Waals surface area contributed by atoms with Gasteiger partial charge in [-0.05, 0) is 47.7 Å². The Bertz CT molecular complexity index is 1360. The van der Waals surface area contributed by atoms with E-state index in [9.17, 15) is 8.42 Å². The zero-order valence-corrected chi connectivity index (χ0v) is 20.2. The first-order chi connectivity index (χ1) is 15.9. The van der Waals surface area contributed by atoms with Crippen LogP contribution in [0.5, 0.6) is 11.5 Å². The van der Waals surface area contributed by atoms with Gasteiger partial charge in [-0.1, -0.05) is 24.2 Å². The van der Waals surface area contributed by atoms with Crippen molar-refractivity contribution in [2.45, 2.75) is 18.2 Å². The summed E-state index contributed by atoms with van der Waals surface area (Å²) in [6.45, 7) is 2.05. The highest BCUT2D eigenvalue weighted by Crippen LogP contribution is 2.37. The van der Waals surface area contributed by atoms with E-state index in [4.69, 9.17) is 14.0 Å². The van der Waals surface area contributed by atoms with Gasteiger partial charge in [0.1, 0.15) is 21.3 Å². The lowest BCUT2D eigenvalue weighted by atomic mass is 10.1. The summed E-state index contributed by atoms with van der Waals surface area (Å²) in [5.74, 6) is 1.54. The van der Waals surface area contributed by atoms with Gasteiger partial charge in [-0.2, -0.15) is 4.98 Å². The maximum Gasteiger partial charge on any atom is 0.269 e. The first-order valence-corrected chi connectivity index (χ1v) is 12.4. The van der Waals surface area contributed by atoms with E-state index in [1.165, 1.54) is 29.8 Å². The van der Waals surface area contributed by atoms with Crippen molar-refractivity contribution in [3.05, 3.63) is 59.5 Å². The Hall–Kier alpha value is -3.37. The summed E-state index contributed by atoms with van der Waals surface area (Å²) in [4.78, 5) is 4.92. The molecule has 0 saturated heterocycles. The van der Waals surface area contributed by atoms with Gasteiger partial charge in [-0.3, -0.25) is 4.31 Å². The van der Waals surface area contributed by atoms with Crippen LogP contribution in [0.3, 0.4) is 0 Å². The van der Waals surface area contributed by atoms with E-state index in [1.807, 2.05) is 19.1 Å². The highest BCUT2D eigenvalue weighted by molar-refractivity contribution is 7.93. The van der Waals surface area contributed by atoms with Crippen molar-refractivity contribution in [3.8, 4) is 33.7 Å². The Kier molecular flexibility index (Phi) is 6.39. The van der Waals surface area contributed by atoms with Gasteiger partial charge in [-0.25, -0.2) is 8.42 Å². The van der Waals surface area contributed by atoms with Gasteiger partial charge in [0.2, 0.25) is 5.82 Å².